The van der Waals surface area contributed by atoms with Gasteiger partial charge in [0.1, 0.15) is 18.3 Å². The third-order valence-electron chi connectivity index (χ3n) is 7.20. The van der Waals surface area contributed by atoms with Crippen LogP contribution in [0.25, 0.3) is 0 Å². The van der Waals surface area contributed by atoms with Crippen molar-refractivity contribution in [2.45, 2.75) is 100 Å². The predicted octanol–water partition coefficient (Wildman–Crippen LogP) is 2.09. The molecule has 2 aliphatic carbocycles. The first-order valence-corrected chi connectivity index (χ1v) is 12.5. The van der Waals surface area contributed by atoms with E-state index in [1.165, 1.54) is 0 Å². The summed E-state index contributed by atoms with van der Waals surface area (Å²) in [7, 11) is -0.690. The molecule has 3 N–H and O–H groups in total. The van der Waals surface area contributed by atoms with Crippen molar-refractivity contribution in [3.8, 4) is 0 Å². The van der Waals surface area contributed by atoms with Crippen molar-refractivity contribution in [3.63, 3.8) is 0 Å². The highest BCUT2D eigenvalue weighted by Gasteiger charge is 2.47. The highest BCUT2D eigenvalue weighted by atomic mass is 32.2. The van der Waals surface area contributed by atoms with Gasteiger partial charge in [-0.3, -0.25) is 0 Å². The van der Waals surface area contributed by atoms with Gasteiger partial charge in [0.05, 0.1) is 12.2 Å². The quantitative estimate of drug-likeness (QED) is 0.631. The van der Waals surface area contributed by atoms with Crippen LogP contribution in [0.4, 0.5) is 0 Å². The molecule has 158 valence electrons. The molecule has 6 nitrogen and oxygen atoms in total. The molecule has 0 radical (unpaired) electrons. The number of aliphatic hydroxyl groups is 3. The molecule has 0 aromatic heterocycles. The maximum absolute atomic E-state index is 13.3. The lowest BCUT2D eigenvalue weighted by molar-refractivity contribution is -0.234. The van der Waals surface area contributed by atoms with Gasteiger partial charge in [0, 0.05) is 27.8 Å². The van der Waals surface area contributed by atoms with E-state index in [2.05, 4.69) is 11.3 Å². The summed E-state index contributed by atoms with van der Waals surface area (Å²) in [5, 5.41) is 31.5. The molecule has 1 heterocycles. The van der Waals surface area contributed by atoms with Gasteiger partial charge in [-0.15, -0.1) is 0 Å². The van der Waals surface area contributed by atoms with Gasteiger partial charge in [-0.1, -0.05) is 32.6 Å². The van der Waals surface area contributed by atoms with Crippen LogP contribution in [0.3, 0.4) is 0 Å². The first kappa shape index (κ1) is 21.5. The molecule has 1 saturated heterocycles. The number of nitrogens with zero attached hydrogens (tertiary/aromatic N) is 1. The van der Waals surface area contributed by atoms with Gasteiger partial charge in [-0.25, -0.2) is 8.57 Å². The van der Waals surface area contributed by atoms with Crippen molar-refractivity contribution in [2.75, 3.05) is 12.8 Å². The first-order chi connectivity index (χ1) is 12.9. The molecule has 0 aromatic carbocycles. The lowest BCUT2D eigenvalue weighted by Gasteiger charge is -2.43. The average Bonchev–Trinajstić information content (AvgIpc) is 3.37. The first-order valence-electron chi connectivity index (χ1n) is 10.7. The van der Waals surface area contributed by atoms with Crippen LogP contribution in [0.1, 0.15) is 64.7 Å². The Morgan fingerprint density at radius 2 is 1.74 bits per heavy atom. The minimum absolute atomic E-state index is 0.134. The van der Waals surface area contributed by atoms with Gasteiger partial charge in [0.2, 0.25) is 0 Å². The van der Waals surface area contributed by atoms with Crippen LogP contribution in [0, 0.1) is 11.8 Å². The SMILES string of the molecule is CCC1CCC(C2O[C@H](CCS(=O)(=NC)C3CCCC3)[C@@H](O)[C@H](O)[C@@H]2O)C1. The van der Waals surface area contributed by atoms with Crippen LogP contribution in [-0.4, -0.2) is 68.1 Å². The van der Waals surface area contributed by atoms with Crippen molar-refractivity contribution in [2.24, 2.45) is 16.2 Å². The highest BCUT2D eigenvalue weighted by molar-refractivity contribution is 7.94. The summed E-state index contributed by atoms with van der Waals surface area (Å²) in [5.74, 6) is 1.24. The van der Waals surface area contributed by atoms with E-state index in [4.69, 9.17) is 4.74 Å². The number of hydrogen-bond donors (Lipinski definition) is 3. The van der Waals surface area contributed by atoms with E-state index in [-0.39, 0.29) is 11.2 Å². The summed E-state index contributed by atoms with van der Waals surface area (Å²) in [5.41, 5.74) is 0. The third kappa shape index (κ3) is 4.53. The van der Waals surface area contributed by atoms with Crippen LogP contribution < -0.4 is 0 Å². The number of hydrogen-bond acceptors (Lipinski definition) is 6. The Kier molecular flexibility index (Phi) is 7.23. The number of rotatable bonds is 6. The number of aliphatic hydroxyl groups excluding tert-OH is 3. The number of ether oxygens (including phenoxy) is 1. The van der Waals surface area contributed by atoms with Gasteiger partial charge < -0.3 is 20.1 Å². The van der Waals surface area contributed by atoms with Crippen LogP contribution >= 0.6 is 0 Å². The molecule has 3 rings (SSSR count). The van der Waals surface area contributed by atoms with E-state index in [0.29, 0.717) is 18.1 Å². The Morgan fingerprint density at radius 1 is 1.04 bits per heavy atom. The fourth-order valence-electron chi connectivity index (χ4n) is 5.34. The lowest BCUT2D eigenvalue weighted by Crippen LogP contribution is -2.59. The molecule has 0 spiro atoms. The summed E-state index contributed by atoms with van der Waals surface area (Å²) in [4.78, 5) is 0. The zero-order chi connectivity index (χ0) is 19.6. The fraction of sp³-hybridized carbons (Fsp3) is 1.00. The van der Waals surface area contributed by atoms with E-state index in [1.54, 1.807) is 7.05 Å². The molecule has 0 bridgehead atoms. The van der Waals surface area contributed by atoms with Crippen molar-refractivity contribution in [1.82, 2.24) is 0 Å². The predicted molar refractivity (Wildman–Crippen MR) is 106 cm³/mol. The van der Waals surface area contributed by atoms with E-state index in [1.807, 2.05) is 0 Å². The second-order valence-electron chi connectivity index (χ2n) is 8.73. The summed E-state index contributed by atoms with van der Waals surface area (Å²) >= 11 is 0. The van der Waals surface area contributed by atoms with Gasteiger partial charge in [-0.05, 0) is 43.9 Å². The van der Waals surface area contributed by atoms with Crippen molar-refractivity contribution in [1.29, 1.82) is 0 Å². The molecular weight excluding hydrogens is 366 g/mol. The Hall–Kier alpha value is -0.210. The van der Waals surface area contributed by atoms with Crippen LogP contribution in [-0.2, 0) is 14.5 Å². The third-order valence-corrected chi connectivity index (χ3v) is 10.2. The normalized spacial score (nSPS) is 42.9. The van der Waals surface area contributed by atoms with Crippen molar-refractivity contribution < 1.29 is 24.3 Å². The van der Waals surface area contributed by atoms with Gasteiger partial charge in [0.25, 0.3) is 0 Å². The summed E-state index contributed by atoms with van der Waals surface area (Å²) in [6, 6.07) is 0. The molecule has 7 heteroatoms. The Morgan fingerprint density at radius 3 is 2.33 bits per heavy atom. The zero-order valence-electron chi connectivity index (χ0n) is 16.7. The second-order valence-corrected chi connectivity index (χ2v) is 11.5. The fourth-order valence-corrected chi connectivity index (χ4v) is 7.79. The summed E-state index contributed by atoms with van der Waals surface area (Å²) in [6.07, 6.45) is 4.27. The summed E-state index contributed by atoms with van der Waals surface area (Å²) in [6.45, 7) is 2.18. The molecule has 3 aliphatic rings. The van der Waals surface area contributed by atoms with Crippen LogP contribution in [0.15, 0.2) is 4.36 Å². The molecule has 0 amide bonds. The molecular formula is C20H37NO5S. The van der Waals surface area contributed by atoms with Crippen LogP contribution in [0.5, 0.6) is 0 Å². The highest BCUT2D eigenvalue weighted by Crippen LogP contribution is 2.40. The lowest BCUT2D eigenvalue weighted by atomic mass is 9.86. The zero-order valence-corrected chi connectivity index (χ0v) is 17.5. The largest absolute Gasteiger partial charge is 0.388 e. The van der Waals surface area contributed by atoms with E-state index >= 15 is 0 Å². The molecule has 27 heavy (non-hydrogen) atoms. The Balaban J connectivity index is 1.66. The topological polar surface area (TPSA) is 99.4 Å². The van der Waals surface area contributed by atoms with Crippen molar-refractivity contribution >= 4 is 9.73 Å². The molecule has 3 fully saturated rings. The Labute approximate surface area is 163 Å². The second kappa shape index (κ2) is 9.08. The average molecular weight is 404 g/mol. The minimum Gasteiger partial charge on any atom is -0.388 e. The van der Waals surface area contributed by atoms with Gasteiger partial charge >= 0.3 is 0 Å². The molecule has 1 aliphatic heterocycles. The standard InChI is InChI=1S/C20H37NO5S/c1-3-13-8-9-14(12-13)20-19(24)18(23)17(22)16(26-20)10-11-27(25,21-2)15-6-4-5-7-15/h13-20,22-24H,3-12H2,1-2H3/t13?,14?,16-,17-,18+,19+,20?,27?/m1/s1. The van der Waals surface area contributed by atoms with Crippen LogP contribution in [0.2, 0.25) is 0 Å². The molecule has 2 saturated carbocycles. The van der Waals surface area contributed by atoms with E-state index in [0.717, 1.165) is 51.4 Å². The van der Waals surface area contributed by atoms with E-state index in [9.17, 15) is 19.5 Å². The molecule has 8 atom stereocenters. The monoisotopic (exact) mass is 403 g/mol. The molecule has 4 unspecified atom stereocenters. The van der Waals surface area contributed by atoms with Gasteiger partial charge in [-0.2, -0.15) is 0 Å². The minimum atomic E-state index is -2.32. The van der Waals surface area contributed by atoms with Gasteiger partial charge in [0.15, 0.2) is 0 Å². The molecule has 0 aromatic rings. The smallest absolute Gasteiger partial charge is 0.111 e. The summed E-state index contributed by atoms with van der Waals surface area (Å²) < 4.78 is 23.6. The maximum Gasteiger partial charge on any atom is 0.111 e. The van der Waals surface area contributed by atoms with E-state index < -0.39 is 40.2 Å². The van der Waals surface area contributed by atoms with Crippen molar-refractivity contribution in [3.05, 3.63) is 0 Å². The Bertz CT molecular complexity index is 599. The maximum atomic E-state index is 13.3.